The highest BCUT2D eigenvalue weighted by atomic mass is 32.1. The predicted octanol–water partition coefficient (Wildman–Crippen LogP) is 4.52. The van der Waals surface area contributed by atoms with Crippen LogP contribution in [0.25, 0.3) is 4.96 Å². The van der Waals surface area contributed by atoms with E-state index in [1.807, 2.05) is 26.0 Å². The zero-order valence-corrected chi connectivity index (χ0v) is 18.4. The number of aromatic hydroxyl groups is 1. The quantitative estimate of drug-likeness (QED) is 0.642. The molecule has 0 amide bonds. The molecule has 0 saturated carbocycles. The summed E-state index contributed by atoms with van der Waals surface area (Å²) in [7, 11) is 0. The highest BCUT2D eigenvalue weighted by Crippen LogP contribution is 2.42. The molecule has 1 N–H and O–H groups in total. The van der Waals surface area contributed by atoms with Gasteiger partial charge in [-0.05, 0) is 42.9 Å². The molecule has 6 nitrogen and oxygen atoms in total. The molecule has 1 aliphatic rings. The molecule has 2 aromatic heterocycles. The molecular weight excluding hydrogens is 384 g/mol. The number of hydrogen-bond donors (Lipinski definition) is 1. The Balaban J connectivity index is 1.77. The molecule has 0 spiro atoms. The van der Waals surface area contributed by atoms with Gasteiger partial charge in [0.15, 0.2) is 5.82 Å². The van der Waals surface area contributed by atoms with E-state index in [4.69, 9.17) is 4.74 Å². The van der Waals surface area contributed by atoms with Crippen LogP contribution in [-0.4, -0.2) is 44.3 Å². The van der Waals surface area contributed by atoms with Crippen LogP contribution < -0.4 is 4.74 Å². The number of piperidine rings is 1. The van der Waals surface area contributed by atoms with Gasteiger partial charge in [0.25, 0.3) is 0 Å². The van der Waals surface area contributed by atoms with Gasteiger partial charge in [0.1, 0.15) is 5.75 Å². The molecule has 1 aromatic carbocycles. The molecule has 3 heterocycles. The van der Waals surface area contributed by atoms with Crippen molar-refractivity contribution in [2.45, 2.75) is 46.6 Å². The molecule has 1 aliphatic heterocycles. The number of aryl methyl sites for hydroxylation is 1. The molecule has 1 fully saturated rings. The van der Waals surface area contributed by atoms with Crippen molar-refractivity contribution in [3.63, 3.8) is 0 Å². The number of thiazole rings is 1. The van der Waals surface area contributed by atoms with E-state index in [0.717, 1.165) is 46.5 Å². The smallest absolute Gasteiger partial charge is 0.230 e. The number of ether oxygens (including phenoxy) is 1. The van der Waals surface area contributed by atoms with Gasteiger partial charge in [-0.25, -0.2) is 4.98 Å². The molecule has 156 valence electrons. The molecule has 0 radical (unpaired) electrons. The fraction of sp³-hybridized carbons (Fsp3) is 0.545. The Morgan fingerprint density at radius 3 is 2.45 bits per heavy atom. The van der Waals surface area contributed by atoms with Crippen molar-refractivity contribution in [1.29, 1.82) is 0 Å². The minimum Gasteiger partial charge on any atom is -0.494 e. The summed E-state index contributed by atoms with van der Waals surface area (Å²) in [6.45, 7) is 11.3. The van der Waals surface area contributed by atoms with Gasteiger partial charge in [-0.3, -0.25) is 4.90 Å². The molecule has 3 atom stereocenters. The van der Waals surface area contributed by atoms with Crippen LogP contribution in [-0.2, 0) is 6.42 Å². The maximum atomic E-state index is 11.1. The molecule has 7 heteroatoms. The highest BCUT2D eigenvalue weighted by molar-refractivity contribution is 7.17. The molecular formula is C22H30N4O2S. The zero-order chi connectivity index (χ0) is 20.5. The van der Waals surface area contributed by atoms with E-state index in [-0.39, 0.29) is 11.9 Å². The van der Waals surface area contributed by atoms with E-state index in [9.17, 15) is 5.11 Å². The van der Waals surface area contributed by atoms with Crippen LogP contribution in [0.15, 0.2) is 24.3 Å². The third-order valence-electron chi connectivity index (χ3n) is 5.58. The lowest BCUT2D eigenvalue weighted by atomic mass is 9.89. The van der Waals surface area contributed by atoms with Crippen LogP contribution in [0.1, 0.15) is 56.4 Å². The number of nitrogens with zero attached hydrogens (tertiary/aromatic N) is 4. The summed E-state index contributed by atoms with van der Waals surface area (Å²) in [6, 6.07) is 8.26. The van der Waals surface area contributed by atoms with E-state index in [1.165, 1.54) is 6.42 Å². The van der Waals surface area contributed by atoms with E-state index in [2.05, 4.69) is 41.0 Å². The van der Waals surface area contributed by atoms with Crippen LogP contribution in [0.2, 0.25) is 0 Å². The van der Waals surface area contributed by atoms with Crippen LogP contribution in [0.4, 0.5) is 0 Å². The van der Waals surface area contributed by atoms with Crippen molar-refractivity contribution < 1.29 is 9.84 Å². The van der Waals surface area contributed by atoms with Gasteiger partial charge in [0.2, 0.25) is 10.8 Å². The molecule has 0 unspecified atom stereocenters. The Morgan fingerprint density at radius 1 is 1.17 bits per heavy atom. The third kappa shape index (κ3) is 3.98. The Bertz CT molecular complexity index is 955. The molecule has 0 bridgehead atoms. The normalized spacial score (nSPS) is 21.5. The molecule has 1 saturated heterocycles. The summed E-state index contributed by atoms with van der Waals surface area (Å²) < 4.78 is 7.22. The fourth-order valence-electron chi connectivity index (χ4n) is 4.48. The Labute approximate surface area is 176 Å². The Morgan fingerprint density at radius 2 is 1.86 bits per heavy atom. The van der Waals surface area contributed by atoms with Crippen molar-refractivity contribution in [3.05, 3.63) is 40.5 Å². The number of benzene rings is 1. The van der Waals surface area contributed by atoms with Gasteiger partial charge >= 0.3 is 0 Å². The van der Waals surface area contributed by atoms with E-state index in [1.54, 1.807) is 15.9 Å². The average Bonchev–Trinajstić information content (AvgIpc) is 3.22. The van der Waals surface area contributed by atoms with Gasteiger partial charge < -0.3 is 9.84 Å². The lowest BCUT2D eigenvalue weighted by Gasteiger charge is -2.40. The third-order valence-corrected chi connectivity index (χ3v) is 6.65. The summed E-state index contributed by atoms with van der Waals surface area (Å²) >= 11 is 1.54. The largest absolute Gasteiger partial charge is 0.494 e. The van der Waals surface area contributed by atoms with Crippen LogP contribution in [0, 0.1) is 11.8 Å². The molecule has 29 heavy (non-hydrogen) atoms. The number of hydrogen-bond acceptors (Lipinski definition) is 6. The fourth-order valence-corrected chi connectivity index (χ4v) is 5.62. The second kappa shape index (κ2) is 8.32. The second-order valence-corrected chi connectivity index (χ2v) is 9.18. The van der Waals surface area contributed by atoms with E-state index >= 15 is 0 Å². The van der Waals surface area contributed by atoms with Gasteiger partial charge in [-0.1, -0.05) is 44.2 Å². The minimum absolute atomic E-state index is 0.0190. The molecule has 4 rings (SSSR count). The van der Waals surface area contributed by atoms with Gasteiger partial charge in [-0.2, -0.15) is 4.52 Å². The van der Waals surface area contributed by atoms with Crippen molar-refractivity contribution in [2.24, 2.45) is 11.8 Å². The number of likely N-dealkylation sites (tertiary alicyclic amines) is 1. The van der Waals surface area contributed by atoms with Gasteiger partial charge in [0, 0.05) is 19.5 Å². The number of fused-ring (bicyclic) bond motifs is 1. The van der Waals surface area contributed by atoms with Crippen LogP contribution >= 0.6 is 11.3 Å². The first-order chi connectivity index (χ1) is 14.0. The van der Waals surface area contributed by atoms with Crippen molar-refractivity contribution in [3.8, 4) is 11.6 Å². The van der Waals surface area contributed by atoms with Crippen molar-refractivity contribution in [2.75, 3.05) is 19.7 Å². The Kier molecular flexibility index (Phi) is 5.79. The minimum atomic E-state index is -0.0190. The number of aromatic nitrogens is 3. The first kappa shape index (κ1) is 20.2. The zero-order valence-electron chi connectivity index (χ0n) is 17.6. The summed E-state index contributed by atoms with van der Waals surface area (Å²) in [5, 5.41) is 15.5. The monoisotopic (exact) mass is 414 g/mol. The summed E-state index contributed by atoms with van der Waals surface area (Å²) in [4.78, 5) is 8.74. The van der Waals surface area contributed by atoms with Crippen LogP contribution in [0.3, 0.4) is 0 Å². The summed E-state index contributed by atoms with van der Waals surface area (Å²) in [5.41, 5.74) is 1.16. The number of rotatable bonds is 6. The Hall–Kier alpha value is -2.12. The van der Waals surface area contributed by atoms with Crippen LogP contribution in [0.5, 0.6) is 11.6 Å². The predicted molar refractivity (Wildman–Crippen MR) is 116 cm³/mol. The highest BCUT2D eigenvalue weighted by Gasteiger charge is 2.33. The second-order valence-electron chi connectivity index (χ2n) is 8.17. The standard InChI is InChI=1S/C22H30N4O2S/c1-5-18-23-22-26(24-18)21(27)20(29-22)19(25-12-14(3)11-15(4)13-25)16-7-9-17(10-8-16)28-6-2/h7-10,14-15,19,27H,5-6,11-13H2,1-4H3/t14-,15+,19-/m0/s1. The average molecular weight is 415 g/mol. The van der Waals surface area contributed by atoms with E-state index in [0.29, 0.717) is 18.4 Å². The lowest BCUT2D eigenvalue weighted by molar-refractivity contribution is 0.112. The van der Waals surface area contributed by atoms with Gasteiger partial charge in [0.05, 0.1) is 17.5 Å². The molecule has 3 aromatic rings. The SMILES string of the molecule is CCOc1ccc([C@@H](c2sc3nc(CC)nn3c2O)N2C[C@H](C)C[C@H](C)C2)cc1. The van der Waals surface area contributed by atoms with Crippen molar-refractivity contribution in [1.82, 2.24) is 19.5 Å². The maximum absolute atomic E-state index is 11.1. The first-order valence-electron chi connectivity index (χ1n) is 10.5. The van der Waals surface area contributed by atoms with Crippen molar-refractivity contribution >= 4 is 16.3 Å². The summed E-state index contributed by atoms with van der Waals surface area (Å²) in [5.74, 6) is 3.09. The first-order valence-corrected chi connectivity index (χ1v) is 11.4. The molecule has 0 aliphatic carbocycles. The van der Waals surface area contributed by atoms with E-state index < -0.39 is 0 Å². The lowest BCUT2D eigenvalue weighted by Crippen LogP contribution is -2.41. The van der Waals surface area contributed by atoms with Gasteiger partial charge in [-0.15, -0.1) is 5.10 Å². The maximum Gasteiger partial charge on any atom is 0.230 e. The topological polar surface area (TPSA) is 62.9 Å². The summed E-state index contributed by atoms with van der Waals surface area (Å²) in [6.07, 6.45) is 2.00.